The Morgan fingerprint density at radius 2 is 2.20 bits per heavy atom. The Balaban J connectivity index is 1.95. The summed E-state index contributed by atoms with van der Waals surface area (Å²) >= 11 is 0. The number of nitrogens with one attached hydrogen (secondary N) is 1. The molecule has 1 saturated carbocycles. The van der Waals surface area contributed by atoms with Crippen LogP contribution in [-0.2, 0) is 4.74 Å². The van der Waals surface area contributed by atoms with Crippen molar-refractivity contribution in [2.24, 2.45) is 0 Å². The average molecular weight is 278 g/mol. The molecule has 5 heteroatoms. The number of nitrogens with zero attached hydrogens (tertiary/aromatic N) is 1. The molecule has 0 saturated heterocycles. The first-order valence-corrected chi connectivity index (χ1v) is 7.26. The van der Waals surface area contributed by atoms with Gasteiger partial charge in [0.1, 0.15) is 0 Å². The predicted octanol–water partition coefficient (Wildman–Crippen LogP) is 3.20. The molecule has 1 N–H and O–H groups in total. The first kappa shape index (κ1) is 14.9. The second-order valence-corrected chi connectivity index (χ2v) is 5.23. The van der Waals surface area contributed by atoms with Gasteiger partial charge in [-0.3, -0.25) is 10.1 Å². The van der Waals surface area contributed by atoms with Crippen LogP contribution in [0.4, 0.5) is 5.69 Å². The molecule has 1 fully saturated rings. The molecule has 0 radical (unpaired) electrons. The first-order chi connectivity index (χ1) is 9.63. The van der Waals surface area contributed by atoms with Crippen LogP contribution in [0, 0.1) is 10.1 Å². The highest BCUT2D eigenvalue weighted by molar-refractivity contribution is 5.35. The van der Waals surface area contributed by atoms with Gasteiger partial charge in [0.15, 0.2) is 0 Å². The lowest BCUT2D eigenvalue weighted by Gasteiger charge is -2.38. The zero-order valence-electron chi connectivity index (χ0n) is 12.0. The first-order valence-electron chi connectivity index (χ1n) is 7.26. The molecule has 1 aliphatic rings. The minimum Gasteiger partial charge on any atom is -0.378 e. The molecule has 0 heterocycles. The number of nitro groups is 1. The molecule has 0 bridgehead atoms. The largest absolute Gasteiger partial charge is 0.378 e. The number of ether oxygens (including phenoxy) is 1. The number of non-ortho nitro benzene ring substituents is 1. The molecule has 5 nitrogen and oxygen atoms in total. The Morgan fingerprint density at radius 3 is 2.80 bits per heavy atom. The fraction of sp³-hybridized carbons (Fsp3) is 0.600. The number of hydrogen-bond acceptors (Lipinski definition) is 4. The minimum atomic E-state index is -0.343. The van der Waals surface area contributed by atoms with Crippen molar-refractivity contribution in [3.05, 3.63) is 39.9 Å². The lowest BCUT2D eigenvalue weighted by Crippen LogP contribution is -2.46. The number of hydrogen-bond donors (Lipinski definition) is 1. The molecule has 2 rings (SSSR count). The topological polar surface area (TPSA) is 64.4 Å². The summed E-state index contributed by atoms with van der Waals surface area (Å²) in [5, 5.41) is 14.4. The second kappa shape index (κ2) is 6.81. The fourth-order valence-corrected chi connectivity index (χ4v) is 2.66. The highest BCUT2D eigenvalue weighted by atomic mass is 16.6. The van der Waals surface area contributed by atoms with Crippen LogP contribution in [0.25, 0.3) is 0 Å². The molecule has 20 heavy (non-hydrogen) atoms. The van der Waals surface area contributed by atoms with E-state index in [1.807, 2.05) is 13.0 Å². The summed E-state index contributed by atoms with van der Waals surface area (Å²) < 4.78 is 5.55. The van der Waals surface area contributed by atoms with Gasteiger partial charge < -0.3 is 10.1 Å². The number of nitro benzene ring substituents is 1. The van der Waals surface area contributed by atoms with Crippen molar-refractivity contribution in [2.75, 3.05) is 6.61 Å². The van der Waals surface area contributed by atoms with Crippen LogP contribution in [0.1, 0.15) is 44.7 Å². The maximum atomic E-state index is 10.8. The Morgan fingerprint density at radius 1 is 1.45 bits per heavy atom. The molecule has 1 atom stereocenters. The average Bonchev–Trinajstić information content (AvgIpc) is 2.41. The highest BCUT2D eigenvalue weighted by Gasteiger charge is 2.31. The molecular formula is C15H22N2O3. The summed E-state index contributed by atoms with van der Waals surface area (Å²) in [5.74, 6) is 0. The van der Waals surface area contributed by atoms with Gasteiger partial charge in [-0.15, -0.1) is 0 Å². The van der Waals surface area contributed by atoms with Gasteiger partial charge in [0, 0.05) is 30.8 Å². The van der Waals surface area contributed by atoms with E-state index in [1.54, 1.807) is 12.1 Å². The molecule has 1 aliphatic carbocycles. The molecule has 1 unspecified atom stereocenters. The maximum Gasteiger partial charge on any atom is 0.269 e. The molecule has 0 aliphatic heterocycles. The monoisotopic (exact) mass is 278 g/mol. The van der Waals surface area contributed by atoms with Crippen LogP contribution >= 0.6 is 0 Å². The summed E-state index contributed by atoms with van der Waals surface area (Å²) in [6, 6.07) is 7.53. The molecule has 110 valence electrons. The van der Waals surface area contributed by atoms with Crippen molar-refractivity contribution < 1.29 is 9.66 Å². The van der Waals surface area contributed by atoms with Crippen molar-refractivity contribution in [3.63, 3.8) is 0 Å². The number of rotatable bonds is 7. The molecule has 0 aromatic heterocycles. The molecule has 1 aromatic rings. The summed E-state index contributed by atoms with van der Waals surface area (Å²) in [6.45, 7) is 4.87. The quantitative estimate of drug-likeness (QED) is 0.614. The van der Waals surface area contributed by atoms with Gasteiger partial charge in [0.05, 0.1) is 11.0 Å². The fourth-order valence-electron chi connectivity index (χ4n) is 2.66. The predicted molar refractivity (Wildman–Crippen MR) is 77.7 cm³/mol. The standard InChI is InChI=1S/C15H22N2O3/c1-3-15(16-12-9-14(10-12)20-4-2)11-6-5-7-13(8-11)17(18)19/h5-8,12,14-16H,3-4,9-10H2,1-2H3. The van der Waals surface area contributed by atoms with E-state index in [1.165, 1.54) is 6.07 Å². The molecular weight excluding hydrogens is 256 g/mol. The van der Waals surface area contributed by atoms with Crippen molar-refractivity contribution in [1.29, 1.82) is 0 Å². The zero-order valence-corrected chi connectivity index (χ0v) is 12.0. The lowest BCUT2D eigenvalue weighted by molar-refractivity contribution is -0.384. The van der Waals surface area contributed by atoms with Crippen molar-refractivity contribution in [3.8, 4) is 0 Å². The smallest absolute Gasteiger partial charge is 0.269 e. The van der Waals surface area contributed by atoms with E-state index in [2.05, 4.69) is 12.2 Å². The lowest BCUT2D eigenvalue weighted by atomic mass is 9.87. The summed E-state index contributed by atoms with van der Waals surface area (Å²) in [6.07, 6.45) is 3.34. The Hall–Kier alpha value is -1.46. The van der Waals surface area contributed by atoms with E-state index >= 15 is 0 Å². The maximum absolute atomic E-state index is 10.8. The van der Waals surface area contributed by atoms with Gasteiger partial charge in [-0.1, -0.05) is 19.1 Å². The number of benzene rings is 1. The van der Waals surface area contributed by atoms with E-state index in [9.17, 15) is 10.1 Å². The Kier molecular flexibility index (Phi) is 5.09. The zero-order chi connectivity index (χ0) is 14.5. The third-order valence-electron chi connectivity index (χ3n) is 3.83. The van der Waals surface area contributed by atoms with E-state index in [0.29, 0.717) is 12.1 Å². The van der Waals surface area contributed by atoms with E-state index < -0.39 is 0 Å². The molecule has 0 spiro atoms. The van der Waals surface area contributed by atoms with E-state index in [4.69, 9.17) is 4.74 Å². The second-order valence-electron chi connectivity index (χ2n) is 5.23. The normalized spacial score (nSPS) is 23.1. The van der Waals surface area contributed by atoms with Gasteiger partial charge in [-0.05, 0) is 31.7 Å². The van der Waals surface area contributed by atoms with Crippen LogP contribution in [-0.4, -0.2) is 23.7 Å². The van der Waals surface area contributed by atoms with Crippen LogP contribution in [0.15, 0.2) is 24.3 Å². The van der Waals surface area contributed by atoms with Crippen molar-refractivity contribution in [2.45, 2.75) is 51.3 Å². The summed E-state index contributed by atoms with van der Waals surface area (Å²) in [7, 11) is 0. The molecule has 1 aromatic carbocycles. The van der Waals surface area contributed by atoms with Gasteiger partial charge in [-0.25, -0.2) is 0 Å². The van der Waals surface area contributed by atoms with Crippen molar-refractivity contribution in [1.82, 2.24) is 5.32 Å². The summed E-state index contributed by atoms with van der Waals surface area (Å²) in [4.78, 5) is 10.5. The third-order valence-corrected chi connectivity index (χ3v) is 3.83. The Labute approximate surface area is 119 Å². The van der Waals surface area contributed by atoms with Crippen LogP contribution in [0.3, 0.4) is 0 Å². The van der Waals surface area contributed by atoms with E-state index in [0.717, 1.165) is 31.4 Å². The van der Waals surface area contributed by atoms with Crippen molar-refractivity contribution >= 4 is 5.69 Å². The van der Waals surface area contributed by atoms with Gasteiger partial charge >= 0.3 is 0 Å². The van der Waals surface area contributed by atoms with Crippen LogP contribution < -0.4 is 5.32 Å². The van der Waals surface area contributed by atoms with Crippen LogP contribution in [0.5, 0.6) is 0 Å². The SMILES string of the molecule is CCOC1CC(NC(CC)c2cccc([N+](=O)[O-])c2)C1. The minimum absolute atomic E-state index is 0.156. The van der Waals surface area contributed by atoms with E-state index in [-0.39, 0.29) is 16.7 Å². The van der Waals surface area contributed by atoms with Gasteiger partial charge in [0.2, 0.25) is 0 Å². The summed E-state index contributed by atoms with van der Waals surface area (Å²) in [5.41, 5.74) is 1.14. The van der Waals surface area contributed by atoms with Crippen LogP contribution in [0.2, 0.25) is 0 Å². The van der Waals surface area contributed by atoms with Gasteiger partial charge in [0.25, 0.3) is 5.69 Å². The third kappa shape index (κ3) is 3.55. The Bertz CT molecular complexity index is 458. The van der Waals surface area contributed by atoms with Gasteiger partial charge in [-0.2, -0.15) is 0 Å². The molecule has 0 amide bonds. The highest BCUT2D eigenvalue weighted by Crippen LogP contribution is 2.28.